The van der Waals surface area contributed by atoms with Crippen LogP contribution in [0.3, 0.4) is 0 Å². The third kappa shape index (κ3) is 2.06. The second-order valence-electron chi connectivity index (χ2n) is 4.40. The van der Waals surface area contributed by atoms with Crippen LogP contribution in [0.15, 0.2) is 6.20 Å². The number of hydrogen-bond donors (Lipinski definition) is 2. The average Bonchev–Trinajstić information content (AvgIpc) is 2.60. The number of aromatic nitrogens is 2. The van der Waals surface area contributed by atoms with Crippen LogP contribution in [-0.4, -0.2) is 28.0 Å². The van der Waals surface area contributed by atoms with Crippen molar-refractivity contribution in [2.45, 2.75) is 25.8 Å². The monoisotopic (exact) mass is 209 g/mol. The fraction of sp³-hybridized carbons (Fsp3) is 0.727. The zero-order valence-electron chi connectivity index (χ0n) is 9.40. The first-order chi connectivity index (χ1) is 7.22. The summed E-state index contributed by atoms with van der Waals surface area (Å²) in [5.74, 6) is 0.429. The molecule has 2 rings (SSSR count). The van der Waals surface area contributed by atoms with Gasteiger partial charge in [0.2, 0.25) is 0 Å². The molecule has 2 unspecified atom stereocenters. The minimum absolute atomic E-state index is 0.297. The van der Waals surface area contributed by atoms with Crippen LogP contribution in [0, 0.1) is 12.8 Å². The lowest BCUT2D eigenvalue weighted by atomic mass is 9.92. The van der Waals surface area contributed by atoms with Crippen molar-refractivity contribution in [3.05, 3.63) is 17.5 Å². The van der Waals surface area contributed by atoms with E-state index >= 15 is 0 Å². The lowest BCUT2D eigenvalue weighted by Crippen LogP contribution is -2.34. The Labute approximate surface area is 90.3 Å². The van der Waals surface area contributed by atoms with E-state index in [0.717, 1.165) is 19.4 Å². The Morgan fingerprint density at radius 1 is 1.60 bits per heavy atom. The SMILES string of the molecule is Cc1c(C2CCC(CO)CN2)cnn1C. The van der Waals surface area contributed by atoms with Gasteiger partial charge in [-0.2, -0.15) is 5.10 Å². The molecular weight excluding hydrogens is 190 g/mol. The molecule has 2 atom stereocenters. The van der Waals surface area contributed by atoms with Crippen molar-refractivity contribution >= 4 is 0 Å². The molecule has 1 aliphatic heterocycles. The molecule has 0 amide bonds. The molecule has 0 aliphatic carbocycles. The Bertz CT molecular complexity index is 327. The van der Waals surface area contributed by atoms with E-state index in [4.69, 9.17) is 5.11 Å². The molecule has 0 bridgehead atoms. The molecule has 1 saturated heterocycles. The second-order valence-corrected chi connectivity index (χ2v) is 4.40. The third-order valence-corrected chi connectivity index (χ3v) is 3.42. The van der Waals surface area contributed by atoms with Gasteiger partial charge in [0.25, 0.3) is 0 Å². The van der Waals surface area contributed by atoms with E-state index in [1.54, 1.807) is 0 Å². The Morgan fingerprint density at radius 2 is 2.40 bits per heavy atom. The molecular formula is C11H19N3O. The molecule has 1 aromatic heterocycles. The van der Waals surface area contributed by atoms with Crippen LogP contribution in [0.4, 0.5) is 0 Å². The summed E-state index contributed by atoms with van der Waals surface area (Å²) in [6.45, 7) is 3.31. The Balaban J connectivity index is 2.04. The number of rotatable bonds is 2. The molecule has 1 aliphatic rings. The average molecular weight is 209 g/mol. The predicted molar refractivity (Wildman–Crippen MR) is 58.5 cm³/mol. The van der Waals surface area contributed by atoms with Gasteiger partial charge in [-0.15, -0.1) is 0 Å². The highest BCUT2D eigenvalue weighted by Crippen LogP contribution is 2.27. The normalized spacial score (nSPS) is 26.9. The Morgan fingerprint density at radius 3 is 2.87 bits per heavy atom. The molecule has 0 saturated carbocycles. The van der Waals surface area contributed by atoms with E-state index in [-0.39, 0.29) is 0 Å². The number of aliphatic hydroxyl groups is 1. The number of aliphatic hydroxyl groups excluding tert-OH is 1. The molecule has 84 valence electrons. The van der Waals surface area contributed by atoms with Crippen molar-refractivity contribution in [2.75, 3.05) is 13.2 Å². The van der Waals surface area contributed by atoms with Gasteiger partial charge in [-0.1, -0.05) is 0 Å². The van der Waals surface area contributed by atoms with Crippen LogP contribution in [0.25, 0.3) is 0 Å². The van der Waals surface area contributed by atoms with Gasteiger partial charge in [0.1, 0.15) is 0 Å². The van der Waals surface area contributed by atoms with Gasteiger partial charge in [0.15, 0.2) is 0 Å². The molecule has 0 radical (unpaired) electrons. The minimum Gasteiger partial charge on any atom is -0.396 e. The van der Waals surface area contributed by atoms with Gasteiger partial charge in [-0.3, -0.25) is 4.68 Å². The van der Waals surface area contributed by atoms with Crippen LogP contribution in [0.1, 0.15) is 30.1 Å². The fourth-order valence-corrected chi connectivity index (χ4v) is 2.19. The largest absolute Gasteiger partial charge is 0.396 e. The van der Waals surface area contributed by atoms with Gasteiger partial charge in [0.05, 0.1) is 6.20 Å². The number of nitrogens with one attached hydrogen (secondary N) is 1. The second kappa shape index (κ2) is 4.33. The van der Waals surface area contributed by atoms with Crippen molar-refractivity contribution < 1.29 is 5.11 Å². The molecule has 1 fully saturated rings. The van der Waals surface area contributed by atoms with Crippen LogP contribution in [0.2, 0.25) is 0 Å². The van der Waals surface area contributed by atoms with E-state index in [1.165, 1.54) is 11.3 Å². The molecule has 1 aromatic rings. The number of aryl methyl sites for hydroxylation is 1. The van der Waals surface area contributed by atoms with Gasteiger partial charge < -0.3 is 10.4 Å². The summed E-state index contributed by atoms with van der Waals surface area (Å²) in [6.07, 6.45) is 4.15. The highest BCUT2D eigenvalue weighted by molar-refractivity contribution is 5.20. The highest BCUT2D eigenvalue weighted by Gasteiger charge is 2.23. The molecule has 0 aromatic carbocycles. The predicted octanol–water partition coefficient (Wildman–Crippen LogP) is 0.762. The molecule has 4 nitrogen and oxygen atoms in total. The Kier molecular flexibility index (Phi) is 3.07. The first-order valence-electron chi connectivity index (χ1n) is 5.55. The van der Waals surface area contributed by atoms with Crippen LogP contribution in [0.5, 0.6) is 0 Å². The minimum atomic E-state index is 0.297. The molecule has 0 spiro atoms. The zero-order chi connectivity index (χ0) is 10.8. The summed E-state index contributed by atoms with van der Waals surface area (Å²) in [7, 11) is 1.97. The van der Waals surface area contributed by atoms with Gasteiger partial charge in [-0.05, 0) is 25.7 Å². The Hall–Kier alpha value is -0.870. The number of nitrogens with zero attached hydrogens (tertiary/aromatic N) is 2. The number of piperidine rings is 1. The summed E-state index contributed by atoms with van der Waals surface area (Å²) in [5, 5.41) is 16.8. The summed E-state index contributed by atoms with van der Waals surface area (Å²) < 4.78 is 1.91. The fourth-order valence-electron chi connectivity index (χ4n) is 2.19. The van der Waals surface area contributed by atoms with E-state index in [2.05, 4.69) is 17.3 Å². The van der Waals surface area contributed by atoms with Crippen LogP contribution in [-0.2, 0) is 7.05 Å². The van der Waals surface area contributed by atoms with Crippen molar-refractivity contribution in [3.63, 3.8) is 0 Å². The number of hydrogen-bond acceptors (Lipinski definition) is 3. The van der Waals surface area contributed by atoms with Crippen LogP contribution >= 0.6 is 0 Å². The first-order valence-corrected chi connectivity index (χ1v) is 5.55. The maximum Gasteiger partial charge on any atom is 0.0540 e. The smallest absolute Gasteiger partial charge is 0.0540 e. The lowest BCUT2D eigenvalue weighted by Gasteiger charge is -2.28. The summed E-state index contributed by atoms with van der Waals surface area (Å²) >= 11 is 0. The highest BCUT2D eigenvalue weighted by atomic mass is 16.3. The van der Waals surface area contributed by atoms with Gasteiger partial charge >= 0.3 is 0 Å². The molecule has 4 heteroatoms. The zero-order valence-corrected chi connectivity index (χ0v) is 9.40. The van der Waals surface area contributed by atoms with Crippen molar-refractivity contribution in [3.8, 4) is 0 Å². The van der Waals surface area contributed by atoms with Crippen molar-refractivity contribution in [1.29, 1.82) is 0 Å². The van der Waals surface area contributed by atoms with Gasteiger partial charge in [-0.25, -0.2) is 0 Å². The maximum absolute atomic E-state index is 9.05. The quantitative estimate of drug-likeness (QED) is 0.756. The standard InChI is InChI=1S/C11H19N3O/c1-8-10(6-13-14(8)2)11-4-3-9(7-15)5-12-11/h6,9,11-12,15H,3-5,7H2,1-2H3. The topological polar surface area (TPSA) is 50.1 Å². The summed E-state index contributed by atoms with van der Waals surface area (Å²) in [5.41, 5.74) is 2.53. The van der Waals surface area contributed by atoms with Crippen molar-refractivity contribution in [2.24, 2.45) is 13.0 Å². The third-order valence-electron chi connectivity index (χ3n) is 3.42. The van der Waals surface area contributed by atoms with Crippen molar-refractivity contribution in [1.82, 2.24) is 15.1 Å². The van der Waals surface area contributed by atoms with E-state index < -0.39 is 0 Å². The summed E-state index contributed by atoms with van der Waals surface area (Å²) in [6, 6.07) is 0.418. The van der Waals surface area contributed by atoms with Gasteiger partial charge in [0, 0.05) is 37.5 Å². The first kappa shape index (κ1) is 10.6. The lowest BCUT2D eigenvalue weighted by molar-refractivity contribution is 0.183. The van der Waals surface area contributed by atoms with E-state index in [1.807, 2.05) is 17.9 Å². The van der Waals surface area contributed by atoms with E-state index in [0.29, 0.717) is 18.6 Å². The van der Waals surface area contributed by atoms with Crippen LogP contribution < -0.4 is 5.32 Å². The summed E-state index contributed by atoms with van der Waals surface area (Å²) in [4.78, 5) is 0. The van der Waals surface area contributed by atoms with E-state index in [9.17, 15) is 0 Å². The molecule has 2 N–H and O–H groups in total. The maximum atomic E-state index is 9.05. The molecule has 2 heterocycles. The molecule has 15 heavy (non-hydrogen) atoms.